The quantitative estimate of drug-likeness (QED) is 0.271. The van der Waals surface area contributed by atoms with Crippen LogP contribution >= 0.6 is 0 Å². The summed E-state index contributed by atoms with van der Waals surface area (Å²) in [6.07, 6.45) is 3.19. The number of nitrogens with one attached hydrogen (secondary N) is 2. The summed E-state index contributed by atoms with van der Waals surface area (Å²) in [5, 5.41) is 15.4. The van der Waals surface area contributed by atoms with Gasteiger partial charge in [0.15, 0.2) is 0 Å². The van der Waals surface area contributed by atoms with Gasteiger partial charge in [-0.05, 0) is 93.0 Å². The molecule has 0 unspecified atom stereocenters. The molecule has 2 aliphatic carbocycles. The van der Waals surface area contributed by atoms with Crippen molar-refractivity contribution >= 4 is 17.3 Å². The van der Waals surface area contributed by atoms with Crippen molar-refractivity contribution in [2.24, 2.45) is 7.05 Å². The maximum Gasteiger partial charge on any atom is 0.416 e. The number of rotatable bonds is 10. The molecule has 1 aromatic heterocycles. The van der Waals surface area contributed by atoms with Gasteiger partial charge in [-0.15, -0.1) is 16.8 Å². The Labute approximate surface area is 255 Å². The molecule has 3 aromatic rings. The van der Waals surface area contributed by atoms with Crippen LogP contribution in [0.1, 0.15) is 84.4 Å². The molecule has 0 bridgehead atoms. The molecule has 1 atom stereocenters. The minimum atomic E-state index is -4.60. The van der Waals surface area contributed by atoms with Gasteiger partial charge in [0.1, 0.15) is 12.2 Å². The fourth-order valence-electron chi connectivity index (χ4n) is 6.83. The summed E-state index contributed by atoms with van der Waals surface area (Å²) in [5.74, 6) is 0.316. The fraction of sp³-hybridized carbons (Fsp3) is 0.485. The number of fused-ring (bicyclic) bond motifs is 1. The Morgan fingerprint density at radius 1 is 1.20 bits per heavy atom. The van der Waals surface area contributed by atoms with Crippen molar-refractivity contribution in [1.29, 1.82) is 0 Å². The van der Waals surface area contributed by atoms with Crippen molar-refractivity contribution in [3.8, 4) is 0 Å². The minimum absolute atomic E-state index is 0.00610. The van der Waals surface area contributed by atoms with Gasteiger partial charge in [0, 0.05) is 49.2 Å². The third-order valence-electron chi connectivity index (χ3n) is 9.74. The predicted octanol–water partition coefficient (Wildman–Crippen LogP) is 6.11. The predicted molar refractivity (Wildman–Crippen MR) is 163 cm³/mol. The topological polar surface area (TPSA) is 84.3 Å². The van der Waals surface area contributed by atoms with E-state index >= 15 is 0 Å². The van der Waals surface area contributed by atoms with Crippen molar-refractivity contribution < 1.29 is 22.7 Å². The van der Waals surface area contributed by atoms with Gasteiger partial charge in [-0.2, -0.15) is 13.2 Å². The zero-order chi connectivity index (χ0) is 31.4. The molecule has 1 amide bonds. The molecule has 2 saturated carbocycles. The van der Waals surface area contributed by atoms with Crippen LogP contribution in [0.2, 0.25) is 0 Å². The van der Waals surface area contributed by atoms with Crippen molar-refractivity contribution in [3.05, 3.63) is 83.0 Å². The number of nitrogens with zero attached hydrogens (tertiary/aromatic N) is 4. The largest absolute Gasteiger partial charge is 0.416 e. The van der Waals surface area contributed by atoms with E-state index < -0.39 is 23.1 Å². The first-order valence-corrected chi connectivity index (χ1v) is 15.1. The van der Waals surface area contributed by atoms with E-state index in [0.29, 0.717) is 24.1 Å². The Kier molecular flexibility index (Phi) is 7.60. The van der Waals surface area contributed by atoms with E-state index in [2.05, 4.69) is 34.3 Å². The molecule has 2 fully saturated rings. The summed E-state index contributed by atoms with van der Waals surface area (Å²) < 4.78 is 50.8. The highest BCUT2D eigenvalue weighted by molar-refractivity contribution is 6.10. The summed E-state index contributed by atoms with van der Waals surface area (Å²) >= 11 is 0. The lowest BCUT2D eigenvalue weighted by Gasteiger charge is -2.46. The molecule has 11 heteroatoms. The molecule has 1 aliphatic heterocycles. The Bertz CT molecular complexity index is 1590. The number of benzene rings is 2. The van der Waals surface area contributed by atoms with Crippen molar-refractivity contribution in [2.45, 2.75) is 88.3 Å². The van der Waals surface area contributed by atoms with Crippen molar-refractivity contribution in [2.75, 3.05) is 17.3 Å². The van der Waals surface area contributed by atoms with Gasteiger partial charge in [-0.1, -0.05) is 6.08 Å². The van der Waals surface area contributed by atoms with Crippen LogP contribution in [0.5, 0.6) is 0 Å². The average Bonchev–Trinajstić information content (AvgIpc) is 3.52. The number of methoxy groups -OCH3 is 1. The second-order valence-corrected chi connectivity index (χ2v) is 12.9. The third kappa shape index (κ3) is 5.30. The van der Waals surface area contributed by atoms with E-state index in [-0.39, 0.29) is 41.9 Å². The third-order valence-corrected chi connectivity index (χ3v) is 9.74. The molecular formula is C33H39F3N6O2. The van der Waals surface area contributed by atoms with Crippen LogP contribution in [0.3, 0.4) is 0 Å². The molecule has 44 heavy (non-hydrogen) atoms. The highest BCUT2D eigenvalue weighted by atomic mass is 19.4. The normalized spacial score (nSPS) is 23.1. The lowest BCUT2D eigenvalue weighted by Crippen LogP contribution is -2.48. The zero-order valence-electron chi connectivity index (χ0n) is 25.6. The number of hydrogen-bond acceptors (Lipinski definition) is 6. The van der Waals surface area contributed by atoms with Gasteiger partial charge >= 0.3 is 6.18 Å². The molecule has 234 valence electrons. The Balaban J connectivity index is 1.41. The first-order chi connectivity index (χ1) is 20.9. The van der Waals surface area contributed by atoms with Crippen LogP contribution in [0.4, 0.5) is 24.5 Å². The van der Waals surface area contributed by atoms with E-state index in [0.717, 1.165) is 36.3 Å². The zero-order valence-corrected chi connectivity index (χ0v) is 25.6. The molecule has 8 nitrogen and oxygen atoms in total. The van der Waals surface area contributed by atoms with Crippen LogP contribution < -0.4 is 15.5 Å². The van der Waals surface area contributed by atoms with E-state index in [1.54, 1.807) is 25.6 Å². The molecule has 0 radical (unpaired) electrons. The SMILES string of the molecule is C=C[C@H](C)Nc1cc(N2Cc3c(cc(CNC4(C)CCC4)cc3C(F)(F)F)C2=O)cc([C@]2(c3nncn3C)C[C@H](OC)C2)c1. The second kappa shape index (κ2) is 11.0. The van der Waals surface area contributed by atoms with Crippen molar-refractivity contribution in [1.82, 2.24) is 20.1 Å². The second-order valence-electron chi connectivity index (χ2n) is 12.9. The van der Waals surface area contributed by atoms with E-state index in [1.165, 1.54) is 11.0 Å². The first-order valence-electron chi connectivity index (χ1n) is 15.1. The Hall–Kier alpha value is -3.70. The summed E-state index contributed by atoms with van der Waals surface area (Å²) in [7, 11) is 3.56. The molecule has 3 aliphatic rings. The smallest absolute Gasteiger partial charge is 0.381 e. The Morgan fingerprint density at radius 2 is 1.95 bits per heavy atom. The monoisotopic (exact) mass is 608 g/mol. The number of aryl methyl sites for hydroxylation is 1. The number of ether oxygens (including phenoxy) is 1. The van der Waals surface area contributed by atoms with Crippen LogP contribution in [-0.4, -0.2) is 45.5 Å². The van der Waals surface area contributed by atoms with Crippen LogP contribution in [0.15, 0.2) is 49.3 Å². The van der Waals surface area contributed by atoms with Gasteiger partial charge in [0.05, 0.1) is 23.6 Å². The van der Waals surface area contributed by atoms with Crippen LogP contribution in [0.25, 0.3) is 0 Å². The van der Waals surface area contributed by atoms with Gasteiger partial charge in [0.2, 0.25) is 0 Å². The molecule has 6 rings (SSSR count). The number of amides is 1. The number of carbonyl (C=O) groups is 1. The molecule has 2 aromatic carbocycles. The van der Waals surface area contributed by atoms with Gasteiger partial charge in [-0.3, -0.25) is 4.79 Å². The maximum absolute atomic E-state index is 14.4. The number of carbonyl (C=O) groups excluding carboxylic acids is 1. The van der Waals surface area contributed by atoms with Crippen molar-refractivity contribution in [3.63, 3.8) is 0 Å². The van der Waals surface area contributed by atoms with Gasteiger partial charge in [0.25, 0.3) is 5.91 Å². The van der Waals surface area contributed by atoms with E-state index in [1.807, 2.05) is 36.7 Å². The molecule has 0 spiro atoms. The number of alkyl halides is 3. The molecule has 2 N–H and O–H groups in total. The standard InChI is InChI=1S/C33H39F3N6O2/c1-6-20(2)39-23-12-22(32(15-25(16-32)44-5)30-40-38-19-41(30)4)13-24(14-23)42-18-27-26(29(42)43)10-21(11-28(27)33(34,35)36)17-37-31(3)8-7-9-31/h6,10-14,19-20,25,37,39H,1,7-9,15-18H2,2-5H3/t20-,25-,32-/m0/s1. The van der Waals surface area contributed by atoms with E-state index in [9.17, 15) is 18.0 Å². The van der Waals surface area contributed by atoms with Crippen LogP contribution in [-0.2, 0) is 36.5 Å². The number of halogens is 3. The lowest BCUT2D eigenvalue weighted by atomic mass is 9.61. The highest BCUT2D eigenvalue weighted by Crippen LogP contribution is 2.51. The summed E-state index contributed by atoms with van der Waals surface area (Å²) in [5.41, 5.74) is 1.31. The van der Waals surface area contributed by atoms with E-state index in [4.69, 9.17) is 4.74 Å². The van der Waals surface area contributed by atoms with Crippen LogP contribution in [0, 0.1) is 0 Å². The van der Waals surface area contributed by atoms with Gasteiger partial charge < -0.3 is 24.8 Å². The lowest BCUT2D eigenvalue weighted by molar-refractivity contribution is -0.138. The number of aromatic nitrogens is 3. The number of anilines is 2. The molecular weight excluding hydrogens is 569 g/mol. The minimum Gasteiger partial charge on any atom is -0.381 e. The summed E-state index contributed by atoms with van der Waals surface area (Å²) in [6.45, 7) is 8.00. The maximum atomic E-state index is 14.4. The fourth-order valence-corrected chi connectivity index (χ4v) is 6.83. The summed E-state index contributed by atoms with van der Waals surface area (Å²) in [6, 6.07) is 8.47. The average molecular weight is 609 g/mol. The summed E-state index contributed by atoms with van der Waals surface area (Å²) in [4.78, 5) is 15.4. The molecule has 0 saturated heterocycles. The molecule has 2 heterocycles. The first kappa shape index (κ1) is 30.3. The Morgan fingerprint density at radius 3 is 2.55 bits per heavy atom. The highest BCUT2D eigenvalue weighted by Gasteiger charge is 2.51. The van der Waals surface area contributed by atoms with Gasteiger partial charge in [-0.25, -0.2) is 0 Å². The number of hydrogen-bond donors (Lipinski definition) is 2.